The summed E-state index contributed by atoms with van der Waals surface area (Å²) in [6.07, 6.45) is 0.377. The summed E-state index contributed by atoms with van der Waals surface area (Å²) in [4.78, 5) is 18.5. The molecule has 0 aliphatic carbocycles. The van der Waals surface area contributed by atoms with Crippen molar-refractivity contribution in [2.75, 3.05) is 25.7 Å². The molecular formula is C19H26N2O5S2. The molecule has 9 heteroatoms. The van der Waals surface area contributed by atoms with E-state index in [-0.39, 0.29) is 34.6 Å². The Morgan fingerprint density at radius 2 is 1.96 bits per heavy atom. The minimum atomic E-state index is -3.07. The highest BCUT2D eigenvalue weighted by Gasteiger charge is 2.48. The summed E-state index contributed by atoms with van der Waals surface area (Å²) in [5.74, 6) is 1.51. The molecule has 0 N–H and O–H groups in total. The van der Waals surface area contributed by atoms with E-state index in [0.717, 1.165) is 5.56 Å². The number of fused-ring (bicyclic) bond motifs is 1. The van der Waals surface area contributed by atoms with Gasteiger partial charge < -0.3 is 14.4 Å². The molecule has 154 valence electrons. The fourth-order valence-electron chi connectivity index (χ4n) is 3.50. The van der Waals surface area contributed by atoms with E-state index in [9.17, 15) is 13.2 Å². The molecule has 2 saturated heterocycles. The minimum Gasteiger partial charge on any atom is -0.493 e. The predicted octanol–water partition coefficient (Wildman–Crippen LogP) is 2.35. The highest BCUT2D eigenvalue weighted by Crippen LogP contribution is 2.39. The van der Waals surface area contributed by atoms with Crippen LogP contribution >= 0.6 is 11.8 Å². The van der Waals surface area contributed by atoms with Crippen LogP contribution in [0.2, 0.25) is 0 Å². The number of ether oxygens (including phenoxy) is 2. The average molecular weight is 427 g/mol. The van der Waals surface area contributed by atoms with Crippen LogP contribution in [0, 0.1) is 5.92 Å². The lowest BCUT2D eigenvalue weighted by Gasteiger charge is -2.25. The fraction of sp³-hybridized carbons (Fsp3) is 0.579. The van der Waals surface area contributed by atoms with Crippen molar-refractivity contribution in [1.29, 1.82) is 0 Å². The number of benzene rings is 1. The molecule has 2 fully saturated rings. The SMILES string of the molecule is COc1ccc(CN2C(=NC(=O)CC(C)C)S[C@H]3CS(=O)(=O)C[C@@H]32)cc1OC. The van der Waals surface area contributed by atoms with Crippen molar-refractivity contribution in [3.63, 3.8) is 0 Å². The van der Waals surface area contributed by atoms with Crippen LogP contribution in [0.5, 0.6) is 11.5 Å². The van der Waals surface area contributed by atoms with E-state index < -0.39 is 9.84 Å². The Morgan fingerprint density at radius 1 is 1.25 bits per heavy atom. The van der Waals surface area contributed by atoms with Crippen molar-refractivity contribution in [2.45, 2.75) is 38.1 Å². The molecule has 0 aromatic heterocycles. The van der Waals surface area contributed by atoms with Crippen LogP contribution in [0.3, 0.4) is 0 Å². The molecule has 0 bridgehead atoms. The molecule has 0 saturated carbocycles. The first-order valence-corrected chi connectivity index (χ1v) is 11.9. The average Bonchev–Trinajstić information content (AvgIpc) is 3.06. The smallest absolute Gasteiger partial charge is 0.248 e. The van der Waals surface area contributed by atoms with Crippen LogP contribution in [0.25, 0.3) is 0 Å². The molecule has 2 aliphatic rings. The summed E-state index contributed by atoms with van der Waals surface area (Å²) in [7, 11) is 0.0787. The predicted molar refractivity (Wildman–Crippen MR) is 111 cm³/mol. The lowest BCUT2D eigenvalue weighted by molar-refractivity contribution is -0.118. The van der Waals surface area contributed by atoms with Gasteiger partial charge in [-0.05, 0) is 23.6 Å². The fourth-order valence-corrected chi connectivity index (χ4v) is 7.47. The molecule has 3 rings (SSSR count). The van der Waals surface area contributed by atoms with Gasteiger partial charge in [-0.3, -0.25) is 4.79 Å². The number of sulfone groups is 1. The highest BCUT2D eigenvalue weighted by molar-refractivity contribution is 8.15. The second-order valence-electron chi connectivity index (χ2n) is 7.50. The quantitative estimate of drug-likeness (QED) is 0.690. The maximum atomic E-state index is 12.3. The van der Waals surface area contributed by atoms with Gasteiger partial charge in [-0.25, -0.2) is 8.42 Å². The number of amides is 1. The summed E-state index contributed by atoms with van der Waals surface area (Å²) >= 11 is 1.40. The zero-order valence-electron chi connectivity index (χ0n) is 16.5. The Hall–Kier alpha value is -1.74. The monoisotopic (exact) mass is 426 g/mol. The maximum absolute atomic E-state index is 12.3. The number of rotatable bonds is 6. The Balaban J connectivity index is 1.89. The van der Waals surface area contributed by atoms with Gasteiger partial charge in [0.25, 0.3) is 0 Å². The Kier molecular flexibility index (Phi) is 6.24. The van der Waals surface area contributed by atoms with Crippen LogP contribution < -0.4 is 9.47 Å². The normalized spacial score (nSPS) is 24.6. The lowest BCUT2D eigenvalue weighted by Crippen LogP contribution is -2.37. The number of carbonyl (C=O) groups is 1. The van der Waals surface area contributed by atoms with Gasteiger partial charge in [-0.15, -0.1) is 0 Å². The summed E-state index contributed by atoms with van der Waals surface area (Å²) in [5, 5.41) is 0.529. The summed E-state index contributed by atoms with van der Waals surface area (Å²) < 4.78 is 34.9. The highest BCUT2D eigenvalue weighted by atomic mass is 32.2. The second kappa shape index (κ2) is 8.32. The van der Waals surface area contributed by atoms with E-state index in [1.807, 2.05) is 36.9 Å². The molecular weight excluding hydrogens is 400 g/mol. The molecule has 1 aromatic carbocycles. The molecule has 2 heterocycles. The molecule has 2 atom stereocenters. The number of aliphatic imine (C=N–C) groups is 1. The summed E-state index contributed by atoms with van der Waals surface area (Å²) in [5.41, 5.74) is 0.937. The molecule has 0 unspecified atom stereocenters. The van der Waals surface area contributed by atoms with E-state index in [0.29, 0.717) is 29.6 Å². The first-order chi connectivity index (χ1) is 13.2. The maximum Gasteiger partial charge on any atom is 0.248 e. The van der Waals surface area contributed by atoms with Crippen molar-refractivity contribution in [3.05, 3.63) is 23.8 Å². The number of methoxy groups -OCH3 is 2. The third-order valence-corrected chi connectivity index (χ3v) is 8.03. The van der Waals surface area contributed by atoms with Crippen molar-refractivity contribution >= 4 is 32.7 Å². The molecule has 0 radical (unpaired) electrons. The zero-order valence-corrected chi connectivity index (χ0v) is 18.2. The topological polar surface area (TPSA) is 85.3 Å². The van der Waals surface area contributed by atoms with Crippen LogP contribution in [0.1, 0.15) is 25.8 Å². The number of amidine groups is 1. The van der Waals surface area contributed by atoms with E-state index in [4.69, 9.17) is 9.47 Å². The van der Waals surface area contributed by atoms with Gasteiger partial charge in [-0.1, -0.05) is 31.7 Å². The first-order valence-electron chi connectivity index (χ1n) is 9.18. The Morgan fingerprint density at radius 3 is 2.61 bits per heavy atom. The van der Waals surface area contributed by atoms with Gasteiger partial charge in [0.2, 0.25) is 5.91 Å². The molecule has 2 aliphatic heterocycles. The first kappa shape index (κ1) is 21.0. The van der Waals surface area contributed by atoms with Gasteiger partial charge in [0.1, 0.15) is 0 Å². The summed E-state index contributed by atoms with van der Waals surface area (Å²) in [6, 6.07) is 5.43. The second-order valence-corrected chi connectivity index (χ2v) is 10.9. The minimum absolute atomic E-state index is 0.0873. The third-order valence-electron chi connectivity index (χ3n) is 4.78. The summed E-state index contributed by atoms with van der Waals surface area (Å²) in [6.45, 7) is 4.41. The van der Waals surface area contributed by atoms with Crippen molar-refractivity contribution in [3.8, 4) is 11.5 Å². The molecule has 7 nitrogen and oxygen atoms in total. The standard InChI is InChI=1S/C19H26N2O5S2/c1-12(2)7-18(22)20-19-21(14-10-28(23,24)11-17(14)27-19)9-13-5-6-15(25-3)16(8-13)26-4/h5-6,8,12,14,17H,7,9-11H2,1-4H3/t14-,17-/m0/s1. The van der Waals surface area contributed by atoms with Crippen LogP contribution in [-0.2, 0) is 21.2 Å². The number of hydrogen-bond acceptors (Lipinski definition) is 6. The van der Waals surface area contributed by atoms with E-state index in [1.165, 1.54) is 11.8 Å². The zero-order chi connectivity index (χ0) is 20.5. The molecule has 1 aromatic rings. The lowest BCUT2D eigenvalue weighted by atomic mass is 10.1. The van der Waals surface area contributed by atoms with Gasteiger partial charge in [0.15, 0.2) is 26.5 Å². The number of hydrogen-bond donors (Lipinski definition) is 0. The van der Waals surface area contributed by atoms with E-state index in [1.54, 1.807) is 14.2 Å². The Labute approximate surface area is 170 Å². The third kappa shape index (κ3) is 4.63. The van der Waals surface area contributed by atoms with E-state index in [2.05, 4.69) is 4.99 Å². The van der Waals surface area contributed by atoms with E-state index >= 15 is 0 Å². The number of nitrogens with zero attached hydrogens (tertiary/aromatic N) is 2. The van der Waals surface area contributed by atoms with Crippen molar-refractivity contribution in [1.82, 2.24) is 4.90 Å². The van der Waals surface area contributed by atoms with Crippen molar-refractivity contribution < 1.29 is 22.7 Å². The van der Waals surface area contributed by atoms with Crippen LogP contribution in [0.15, 0.2) is 23.2 Å². The van der Waals surface area contributed by atoms with Crippen LogP contribution in [-0.4, -0.2) is 61.4 Å². The van der Waals surface area contributed by atoms with Crippen LogP contribution in [0.4, 0.5) is 0 Å². The molecule has 28 heavy (non-hydrogen) atoms. The van der Waals surface area contributed by atoms with Gasteiger partial charge in [-0.2, -0.15) is 4.99 Å². The largest absolute Gasteiger partial charge is 0.493 e. The number of carbonyl (C=O) groups excluding carboxylic acids is 1. The molecule has 1 amide bonds. The van der Waals surface area contributed by atoms with Gasteiger partial charge in [0, 0.05) is 18.2 Å². The van der Waals surface area contributed by atoms with Crippen molar-refractivity contribution in [2.24, 2.45) is 10.9 Å². The molecule has 0 spiro atoms. The van der Waals surface area contributed by atoms with Gasteiger partial charge >= 0.3 is 0 Å². The number of thioether (sulfide) groups is 1. The van der Waals surface area contributed by atoms with Gasteiger partial charge in [0.05, 0.1) is 31.8 Å². The Bertz CT molecular complexity index is 882.